The fourth-order valence-corrected chi connectivity index (χ4v) is 3.86. The lowest BCUT2D eigenvalue weighted by Gasteiger charge is -2.15. The van der Waals surface area contributed by atoms with E-state index in [2.05, 4.69) is 25.6 Å². The van der Waals surface area contributed by atoms with Gasteiger partial charge in [-0.1, -0.05) is 0 Å². The van der Waals surface area contributed by atoms with Crippen molar-refractivity contribution in [3.05, 3.63) is 30.4 Å². The summed E-state index contributed by atoms with van der Waals surface area (Å²) < 4.78 is 2.09. The van der Waals surface area contributed by atoms with Crippen molar-refractivity contribution in [2.75, 3.05) is 31.1 Å². The molecule has 27 heavy (non-hydrogen) atoms. The smallest absolute Gasteiger partial charge is 0.294 e. The number of hydrogen-bond acceptors (Lipinski definition) is 5. The van der Waals surface area contributed by atoms with Crippen LogP contribution in [0, 0.1) is 5.92 Å². The number of carbonyl (C=O) groups is 1. The van der Waals surface area contributed by atoms with Crippen molar-refractivity contribution in [3.8, 4) is 11.1 Å². The predicted octanol–water partition coefficient (Wildman–Crippen LogP) is 2.73. The van der Waals surface area contributed by atoms with Crippen LogP contribution in [0.2, 0.25) is 0 Å². The molecular formula is C20H25N5O2. The zero-order valence-electron chi connectivity index (χ0n) is 15.5. The fraction of sp³-hybridized carbons (Fsp3) is 0.550. The average molecular weight is 367 g/mol. The maximum absolute atomic E-state index is 12.9. The molecule has 7 nitrogen and oxygen atoms in total. The highest BCUT2D eigenvalue weighted by atomic mass is 16.7. The Labute approximate surface area is 158 Å². The normalized spacial score (nSPS) is 19.9. The molecule has 4 heterocycles. The van der Waals surface area contributed by atoms with Gasteiger partial charge in [0.2, 0.25) is 5.95 Å². The summed E-state index contributed by atoms with van der Waals surface area (Å²) in [7, 11) is 0. The van der Waals surface area contributed by atoms with Gasteiger partial charge in [0.25, 0.3) is 5.91 Å². The first-order valence-electron chi connectivity index (χ1n) is 10.0. The average Bonchev–Trinajstić information content (AvgIpc) is 3.17. The molecular weight excluding hydrogens is 342 g/mol. The highest BCUT2D eigenvalue weighted by Crippen LogP contribution is 2.33. The Morgan fingerprint density at radius 2 is 1.85 bits per heavy atom. The number of hydroxylamine groups is 2. The lowest BCUT2D eigenvalue weighted by atomic mass is 10.2. The minimum atomic E-state index is -0.0472. The van der Waals surface area contributed by atoms with E-state index in [0.717, 1.165) is 43.1 Å². The van der Waals surface area contributed by atoms with Gasteiger partial charge in [0.15, 0.2) is 0 Å². The predicted molar refractivity (Wildman–Crippen MR) is 101 cm³/mol. The van der Waals surface area contributed by atoms with Gasteiger partial charge >= 0.3 is 0 Å². The molecule has 0 bridgehead atoms. The third-order valence-corrected chi connectivity index (χ3v) is 5.61. The lowest BCUT2D eigenvalue weighted by Crippen LogP contribution is -2.28. The maximum atomic E-state index is 12.9. The molecule has 0 unspecified atom stereocenters. The van der Waals surface area contributed by atoms with Gasteiger partial charge in [-0.05, 0) is 44.1 Å². The first-order chi connectivity index (χ1) is 13.3. The second kappa shape index (κ2) is 6.96. The molecule has 3 fully saturated rings. The van der Waals surface area contributed by atoms with Crippen LogP contribution in [0.25, 0.3) is 11.1 Å². The van der Waals surface area contributed by atoms with Crippen molar-refractivity contribution in [2.45, 2.75) is 38.6 Å². The van der Waals surface area contributed by atoms with Gasteiger partial charge in [0.1, 0.15) is 5.69 Å². The monoisotopic (exact) mass is 367 g/mol. The van der Waals surface area contributed by atoms with Crippen LogP contribution in [0.1, 0.15) is 42.6 Å². The first-order valence-corrected chi connectivity index (χ1v) is 10.0. The van der Waals surface area contributed by atoms with E-state index >= 15 is 0 Å². The Morgan fingerprint density at radius 3 is 2.52 bits per heavy atom. The minimum absolute atomic E-state index is 0.0472. The summed E-state index contributed by atoms with van der Waals surface area (Å²) in [6.45, 7) is 4.24. The molecule has 2 aromatic heterocycles. The number of amides is 1. The highest BCUT2D eigenvalue weighted by Gasteiger charge is 2.28. The number of carbonyl (C=O) groups excluding carboxylic acids is 1. The van der Waals surface area contributed by atoms with Crippen LogP contribution in [0.15, 0.2) is 24.7 Å². The summed E-state index contributed by atoms with van der Waals surface area (Å²) in [5, 5.41) is 1.50. The molecule has 5 rings (SSSR count). The zero-order chi connectivity index (χ0) is 18.2. The molecule has 3 aliphatic rings. The Kier molecular flexibility index (Phi) is 4.32. The topological polar surface area (TPSA) is 63.5 Å². The summed E-state index contributed by atoms with van der Waals surface area (Å²) in [6, 6.07) is 1.96. The van der Waals surface area contributed by atoms with Gasteiger partial charge in [-0.25, -0.2) is 15.0 Å². The standard InChI is InChI=1S/C20H25N5O2/c26-19(25-8-3-9-27-25)18-10-16(14-24(18)13-15-4-5-15)17-11-21-20(22-12-17)23-6-1-2-7-23/h10-12,14-15H,1-9,13H2. The molecule has 0 N–H and O–H groups in total. The SMILES string of the molecule is O=C(c1cc(-c2cnc(N3CCCC3)nc2)cn1CC1CC1)N1CCCO1. The number of anilines is 1. The van der Waals surface area contributed by atoms with E-state index in [9.17, 15) is 4.79 Å². The van der Waals surface area contributed by atoms with Gasteiger partial charge in [-0.3, -0.25) is 9.63 Å². The summed E-state index contributed by atoms with van der Waals surface area (Å²) in [4.78, 5) is 29.7. The molecule has 0 spiro atoms. The first kappa shape index (κ1) is 16.7. The Balaban J connectivity index is 1.42. The molecule has 2 saturated heterocycles. The van der Waals surface area contributed by atoms with Crippen LogP contribution >= 0.6 is 0 Å². The molecule has 1 amide bonds. The molecule has 0 atom stereocenters. The fourth-order valence-electron chi connectivity index (χ4n) is 3.86. The van der Waals surface area contributed by atoms with Crippen molar-refractivity contribution >= 4 is 11.9 Å². The Hall–Kier alpha value is -2.41. The van der Waals surface area contributed by atoms with E-state index in [0.29, 0.717) is 24.8 Å². The van der Waals surface area contributed by atoms with Crippen LogP contribution in [0.4, 0.5) is 5.95 Å². The van der Waals surface area contributed by atoms with Gasteiger partial charge in [-0.15, -0.1) is 0 Å². The molecule has 0 radical (unpaired) electrons. The number of aromatic nitrogens is 3. The van der Waals surface area contributed by atoms with E-state index in [-0.39, 0.29) is 5.91 Å². The third kappa shape index (κ3) is 3.43. The molecule has 2 aliphatic heterocycles. The van der Waals surface area contributed by atoms with Crippen LogP contribution in [0.5, 0.6) is 0 Å². The van der Waals surface area contributed by atoms with Crippen molar-refractivity contribution in [1.82, 2.24) is 19.6 Å². The molecule has 1 saturated carbocycles. The van der Waals surface area contributed by atoms with Crippen LogP contribution in [0.3, 0.4) is 0 Å². The maximum Gasteiger partial charge on any atom is 0.294 e. The molecule has 0 aromatic carbocycles. The third-order valence-electron chi connectivity index (χ3n) is 5.61. The van der Waals surface area contributed by atoms with E-state index in [4.69, 9.17) is 4.84 Å². The minimum Gasteiger partial charge on any atom is -0.343 e. The molecule has 1 aliphatic carbocycles. The number of nitrogens with zero attached hydrogens (tertiary/aromatic N) is 5. The van der Waals surface area contributed by atoms with E-state index in [1.165, 1.54) is 30.7 Å². The lowest BCUT2D eigenvalue weighted by molar-refractivity contribution is -0.0774. The number of hydrogen-bond donors (Lipinski definition) is 0. The van der Waals surface area contributed by atoms with Gasteiger partial charge in [0.05, 0.1) is 13.2 Å². The highest BCUT2D eigenvalue weighted by molar-refractivity contribution is 5.93. The summed E-state index contributed by atoms with van der Waals surface area (Å²) in [6.07, 6.45) is 11.6. The van der Waals surface area contributed by atoms with E-state index in [1.54, 1.807) is 0 Å². The second-order valence-electron chi connectivity index (χ2n) is 7.77. The summed E-state index contributed by atoms with van der Waals surface area (Å²) in [5.74, 6) is 1.44. The number of rotatable bonds is 5. The Bertz CT molecular complexity index is 815. The van der Waals surface area contributed by atoms with Gasteiger partial charge in [0, 0.05) is 49.4 Å². The molecule has 142 valence electrons. The zero-order valence-corrected chi connectivity index (χ0v) is 15.5. The summed E-state index contributed by atoms with van der Waals surface area (Å²) in [5.41, 5.74) is 2.64. The van der Waals surface area contributed by atoms with Crippen LogP contribution in [-0.4, -0.2) is 51.7 Å². The van der Waals surface area contributed by atoms with E-state index < -0.39 is 0 Å². The summed E-state index contributed by atoms with van der Waals surface area (Å²) >= 11 is 0. The van der Waals surface area contributed by atoms with Crippen LogP contribution < -0.4 is 4.90 Å². The largest absolute Gasteiger partial charge is 0.343 e. The van der Waals surface area contributed by atoms with Gasteiger partial charge < -0.3 is 9.47 Å². The van der Waals surface area contributed by atoms with Crippen molar-refractivity contribution in [2.24, 2.45) is 5.92 Å². The quantitative estimate of drug-likeness (QED) is 0.813. The van der Waals surface area contributed by atoms with Gasteiger partial charge in [-0.2, -0.15) is 0 Å². The Morgan fingerprint density at radius 1 is 1.07 bits per heavy atom. The van der Waals surface area contributed by atoms with Crippen molar-refractivity contribution in [1.29, 1.82) is 0 Å². The van der Waals surface area contributed by atoms with Crippen LogP contribution in [-0.2, 0) is 11.4 Å². The molecule has 7 heteroatoms. The second-order valence-corrected chi connectivity index (χ2v) is 7.77. The van der Waals surface area contributed by atoms with Crippen molar-refractivity contribution < 1.29 is 9.63 Å². The van der Waals surface area contributed by atoms with Crippen molar-refractivity contribution in [3.63, 3.8) is 0 Å². The molecule has 2 aromatic rings. The van der Waals surface area contributed by atoms with E-state index in [1.807, 2.05) is 18.5 Å².